The highest BCUT2D eigenvalue weighted by atomic mass is 32.2. The first-order chi connectivity index (χ1) is 12.0. The second-order valence-electron chi connectivity index (χ2n) is 5.69. The Morgan fingerprint density at radius 3 is 2.48 bits per heavy atom. The summed E-state index contributed by atoms with van der Waals surface area (Å²) in [5.74, 6) is -0.169. The van der Waals surface area contributed by atoms with Gasteiger partial charge in [0.05, 0.1) is 10.6 Å². The van der Waals surface area contributed by atoms with Gasteiger partial charge in [0.15, 0.2) is 9.84 Å². The molecule has 2 aromatic carbocycles. The Morgan fingerprint density at radius 2 is 1.72 bits per heavy atom. The van der Waals surface area contributed by atoms with Crippen LogP contribution in [0.3, 0.4) is 0 Å². The number of sulfone groups is 1. The number of H-pyrrole nitrogens is 1. The average Bonchev–Trinajstić information content (AvgIpc) is 2.92. The zero-order valence-electron chi connectivity index (χ0n) is 13.7. The van der Waals surface area contributed by atoms with E-state index in [1.807, 2.05) is 18.2 Å². The zero-order chi connectivity index (χ0) is 17.9. The van der Waals surface area contributed by atoms with E-state index < -0.39 is 15.9 Å². The van der Waals surface area contributed by atoms with Crippen LogP contribution in [0.2, 0.25) is 0 Å². The third kappa shape index (κ3) is 3.83. The fourth-order valence-corrected chi connectivity index (χ4v) is 4.35. The molecule has 130 valence electrons. The molecule has 0 atom stereocenters. The smallest absolute Gasteiger partial charge is 0.319 e. The summed E-state index contributed by atoms with van der Waals surface area (Å²) in [6.45, 7) is 1.77. The van der Waals surface area contributed by atoms with Crippen molar-refractivity contribution in [3.8, 4) is 0 Å². The van der Waals surface area contributed by atoms with Crippen molar-refractivity contribution in [1.29, 1.82) is 0 Å². The Bertz CT molecular complexity index is 995. The van der Waals surface area contributed by atoms with E-state index >= 15 is 0 Å². The molecule has 0 aliphatic rings. The van der Waals surface area contributed by atoms with E-state index in [-0.39, 0.29) is 12.3 Å². The molecule has 0 aliphatic carbocycles. The van der Waals surface area contributed by atoms with Crippen molar-refractivity contribution in [2.45, 2.75) is 11.8 Å². The van der Waals surface area contributed by atoms with Crippen LogP contribution in [0.25, 0.3) is 10.9 Å². The van der Waals surface area contributed by atoms with Crippen molar-refractivity contribution in [2.75, 3.05) is 17.6 Å². The molecular formula is C18H19N3O3S. The second-order valence-corrected chi connectivity index (χ2v) is 7.74. The Morgan fingerprint density at radius 1 is 1.04 bits per heavy atom. The van der Waals surface area contributed by atoms with Crippen LogP contribution in [0.4, 0.5) is 10.5 Å². The SMILES string of the molecule is Cc1[nH]c2ccccc2c1S(=O)(=O)CCNC(=O)Nc1ccccc1. The number of urea groups is 1. The largest absolute Gasteiger partial charge is 0.358 e. The van der Waals surface area contributed by atoms with Crippen LogP contribution in [-0.4, -0.2) is 31.7 Å². The normalized spacial score (nSPS) is 11.4. The number of aromatic amines is 1. The predicted octanol–water partition coefficient (Wildman–Crippen LogP) is 3.07. The number of aryl methyl sites for hydroxylation is 1. The third-order valence-corrected chi connectivity index (χ3v) is 5.72. The van der Waals surface area contributed by atoms with E-state index in [0.717, 1.165) is 5.52 Å². The monoisotopic (exact) mass is 357 g/mol. The van der Waals surface area contributed by atoms with Gasteiger partial charge in [0.1, 0.15) is 0 Å². The van der Waals surface area contributed by atoms with Gasteiger partial charge in [-0.1, -0.05) is 36.4 Å². The van der Waals surface area contributed by atoms with Gasteiger partial charge < -0.3 is 15.6 Å². The Labute approximate surface area is 146 Å². The summed E-state index contributed by atoms with van der Waals surface area (Å²) in [6.07, 6.45) is 0. The molecule has 0 bridgehead atoms. The van der Waals surface area contributed by atoms with Crippen molar-refractivity contribution < 1.29 is 13.2 Å². The lowest BCUT2D eigenvalue weighted by molar-refractivity contribution is 0.252. The van der Waals surface area contributed by atoms with E-state index in [1.165, 1.54) is 0 Å². The Hall–Kier alpha value is -2.80. The van der Waals surface area contributed by atoms with Crippen LogP contribution in [-0.2, 0) is 9.84 Å². The first-order valence-corrected chi connectivity index (χ1v) is 9.52. The van der Waals surface area contributed by atoms with Gasteiger partial charge >= 0.3 is 6.03 Å². The van der Waals surface area contributed by atoms with Gasteiger partial charge in [-0.05, 0) is 25.1 Å². The molecular weight excluding hydrogens is 338 g/mol. The first-order valence-electron chi connectivity index (χ1n) is 7.87. The van der Waals surface area contributed by atoms with Crippen LogP contribution in [0, 0.1) is 6.92 Å². The van der Waals surface area contributed by atoms with E-state index in [0.29, 0.717) is 21.7 Å². The minimum atomic E-state index is -3.52. The number of hydrogen-bond donors (Lipinski definition) is 3. The number of aromatic nitrogens is 1. The fraction of sp³-hybridized carbons (Fsp3) is 0.167. The highest BCUT2D eigenvalue weighted by Crippen LogP contribution is 2.27. The summed E-state index contributed by atoms with van der Waals surface area (Å²) in [7, 11) is -3.52. The van der Waals surface area contributed by atoms with Gasteiger partial charge in [0.2, 0.25) is 0 Å². The number of anilines is 1. The second kappa shape index (κ2) is 6.98. The molecule has 3 N–H and O–H groups in total. The number of fused-ring (bicyclic) bond motifs is 1. The van der Waals surface area contributed by atoms with Gasteiger partial charge in [0.25, 0.3) is 0 Å². The molecule has 0 radical (unpaired) electrons. The number of amides is 2. The van der Waals surface area contributed by atoms with Gasteiger partial charge in [-0.2, -0.15) is 0 Å². The fourth-order valence-electron chi connectivity index (χ4n) is 2.75. The third-order valence-electron chi connectivity index (χ3n) is 3.83. The lowest BCUT2D eigenvalue weighted by atomic mass is 10.2. The number of nitrogens with one attached hydrogen (secondary N) is 3. The molecule has 0 fully saturated rings. The maximum Gasteiger partial charge on any atom is 0.319 e. The molecule has 6 nitrogen and oxygen atoms in total. The molecule has 0 saturated carbocycles. The van der Waals surface area contributed by atoms with Crippen LogP contribution in [0.15, 0.2) is 59.5 Å². The van der Waals surface area contributed by atoms with Crippen molar-refractivity contribution in [1.82, 2.24) is 10.3 Å². The number of rotatable bonds is 5. The minimum absolute atomic E-state index is 0.0277. The number of carbonyl (C=O) groups excluding carboxylic acids is 1. The molecule has 7 heteroatoms. The molecule has 0 spiro atoms. The summed E-state index contributed by atoms with van der Waals surface area (Å²) in [6, 6.07) is 15.8. The molecule has 0 unspecified atom stereocenters. The van der Waals surface area contributed by atoms with Crippen molar-refractivity contribution in [3.63, 3.8) is 0 Å². The number of carbonyl (C=O) groups is 1. The van der Waals surface area contributed by atoms with E-state index in [4.69, 9.17) is 0 Å². The van der Waals surface area contributed by atoms with Gasteiger partial charge in [-0.25, -0.2) is 13.2 Å². The standard InChI is InChI=1S/C18H19N3O3S/c1-13-17(15-9-5-6-10-16(15)20-13)25(23,24)12-11-19-18(22)21-14-7-3-2-4-8-14/h2-10,20H,11-12H2,1H3,(H2,19,21,22). The highest BCUT2D eigenvalue weighted by molar-refractivity contribution is 7.91. The van der Waals surface area contributed by atoms with Gasteiger partial charge in [0, 0.05) is 28.8 Å². The van der Waals surface area contributed by atoms with E-state index in [2.05, 4.69) is 15.6 Å². The molecule has 25 heavy (non-hydrogen) atoms. The number of benzene rings is 2. The molecule has 2 amide bonds. The molecule has 1 heterocycles. The summed E-state index contributed by atoms with van der Waals surface area (Å²) < 4.78 is 25.4. The summed E-state index contributed by atoms with van der Waals surface area (Å²) >= 11 is 0. The maximum atomic E-state index is 12.7. The van der Waals surface area contributed by atoms with E-state index in [9.17, 15) is 13.2 Å². The predicted molar refractivity (Wildman–Crippen MR) is 98.6 cm³/mol. The van der Waals surface area contributed by atoms with E-state index in [1.54, 1.807) is 43.3 Å². The zero-order valence-corrected chi connectivity index (χ0v) is 14.6. The van der Waals surface area contributed by atoms with Gasteiger partial charge in [-0.3, -0.25) is 0 Å². The molecule has 3 rings (SSSR count). The van der Waals surface area contributed by atoms with Crippen LogP contribution in [0.5, 0.6) is 0 Å². The first kappa shape index (κ1) is 17.0. The average molecular weight is 357 g/mol. The summed E-state index contributed by atoms with van der Waals surface area (Å²) in [5.41, 5.74) is 2.04. The van der Waals surface area contributed by atoms with Gasteiger partial charge in [-0.15, -0.1) is 0 Å². The minimum Gasteiger partial charge on any atom is -0.358 e. The molecule has 1 aromatic heterocycles. The summed E-state index contributed by atoms with van der Waals surface area (Å²) in [5, 5.41) is 5.90. The highest BCUT2D eigenvalue weighted by Gasteiger charge is 2.22. The Kier molecular flexibility index (Phi) is 4.76. The quantitative estimate of drug-likeness (QED) is 0.655. The van der Waals surface area contributed by atoms with Crippen molar-refractivity contribution >= 4 is 32.5 Å². The topological polar surface area (TPSA) is 91.1 Å². The molecule has 0 saturated heterocycles. The lowest BCUT2D eigenvalue weighted by Crippen LogP contribution is -2.32. The maximum absolute atomic E-state index is 12.7. The number of para-hydroxylation sites is 2. The van der Waals surface area contributed by atoms with Crippen LogP contribution >= 0.6 is 0 Å². The molecule has 3 aromatic rings. The number of hydrogen-bond acceptors (Lipinski definition) is 3. The van der Waals surface area contributed by atoms with Crippen LogP contribution < -0.4 is 10.6 Å². The summed E-state index contributed by atoms with van der Waals surface area (Å²) in [4.78, 5) is 15.2. The van der Waals surface area contributed by atoms with Crippen molar-refractivity contribution in [3.05, 3.63) is 60.3 Å². The Balaban J connectivity index is 1.66. The lowest BCUT2D eigenvalue weighted by Gasteiger charge is -2.08. The van der Waals surface area contributed by atoms with Crippen molar-refractivity contribution in [2.24, 2.45) is 0 Å². The molecule has 0 aliphatic heterocycles. The van der Waals surface area contributed by atoms with Crippen LogP contribution in [0.1, 0.15) is 5.69 Å².